The highest BCUT2D eigenvalue weighted by Gasteiger charge is 2.41. The molecule has 1 aromatic carbocycles. The lowest BCUT2D eigenvalue weighted by Crippen LogP contribution is -2.47. The van der Waals surface area contributed by atoms with Crippen molar-refractivity contribution in [2.45, 2.75) is 143 Å². The van der Waals surface area contributed by atoms with E-state index in [1.165, 1.54) is 0 Å². The number of unbranched alkanes of at least 4 members (excludes halogenated alkanes) is 1. The van der Waals surface area contributed by atoms with Crippen molar-refractivity contribution in [3.8, 4) is 5.75 Å². The smallest absolute Gasteiger partial charge is 0.192 e. The summed E-state index contributed by atoms with van der Waals surface area (Å²) in [5.74, 6) is 1.67. The molecule has 5 nitrogen and oxygen atoms in total. The number of benzene rings is 1. The van der Waals surface area contributed by atoms with Crippen molar-refractivity contribution in [3.63, 3.8) is 0 Å². The van der Waals surface area contributed by atoms with Crippen LogP contribution in [0.5, 0.6) is 5.75 Å². The molecule has 0 fully saturated rings. The zero-order valence-corrected chi connectivity index (χ0v) is 33.5. The Kier molecular flexibility index (Phi) is 17.6. The van der Waals surface area contributed by atoms with E-state index < -0.39 is 22.7 Å². The molecule has 0 saturated carbocycles. The summed E-state index contributed by atoms with van der Waals surface area (Å²) < 4.78 is 24.6. The van der Waals surface area contributed by atoms with Crippen molar-refractivity contribution in [2.75, 3.05) is 20.3 Å². The number of hydrogen-bond donors (Lipinski definition) is 1. The highest BCUT2D eigenvalue weighted by molar-refractivity contribution is 6.74. The minimum Gasteiger partial charge on any atom is -0.497 e. The Balaban J connectivity index is 2.63. The minimum absolute atomic E-state index is 0.0134. The Bertz CT molecular complexity index is 1000. The van der Waals surface area contributed by atoms with Crippen LogP contribution in [0.3, 0.4) is 0 Å². The number of aliphatic hydroxyl groups is 1. The van der Waals surface area contributed by atoms with Gasteiger partial charge in [-0.15, -0.1) is 0 Å². The molecule has 0 aliphatic rings. The van der Waals surface area contributed by atoms with Gasteiger partial charge in [-0.2, -0.15) is 0 Å². The van der Waals surface area contributed by atoms with Crippen molar-refractivity contribution in [1.29, 1.82) is 0 Å². The molecular weight excluding hydrogens is 593 g/mol. The molecule has 0 saturated heterocycles. The maximum Gasteiger partial charge on any atom is 0.192 e. The molecule has 0 spiro atoms. The van der Waals surface area contributed by atoms with Crippen LogP contribution in [0.15, 0.2) is 48.6 Å². The average molecular weight is 663 g/mol. The van der Waals surface area contributed by atoms with Crippen LogP contribution in [0.1, 0.15) is 93.6 Å². The van der Waals surface area contributed by atoms with Crippen LogP contribution >= 0.6 is 0 Å². The van der Waals surface area contributed by atoms with E-state index >= 15 is 0 Å². The fraction of sp³-hybridized carbons (Fsp3) is 0.737. The van der Waals surface area contributed by atoms with E-state index in [2.05, 4.69) is 107 Å². The van der Waals surface area contributed by atoms with Crippen molar-refractivity contribution in [3.05, 3.63) is 54.1 Å². The first-order valence-electron chi connectivity index (χ1n) is 17.2. The topological polar surface area (TPSA) is 57.2 Å². The third kappa shape index (κ3) is 15.5. The average Bonchev–Trinajstić information content (AvgIpc) is 2.94. The molecular formula is C38H70O5Si2. The summed E-state index contributed by atoms with van der Waals surface area (Å²) in [7, 11) is -2.09. The summed E-state index contributed by atoms with van der Waals surface area (Å²) in [6, 6.07) is 8.00. The Morgan fingerprint density at radius 3 is 1.87 bits per heavy atom. The zero-order chi connectivity index (χ0) is 34.5. The molecule has 0 unspecified atom stereocenters. The Labute approximate surface area is 280 Å². The summed E-state index contributed by atoms with van der Waals surface area (Å²) in [5.41, 5.74) is 1.15. The summed E-state index contributed by atoms with van der Waals surface area (Å²) in [6.45, 7) is 31.7. The molecule has 0 aliphatic heterocycles. The van der Waals surface area contributed by atoms with Gasteiger partial charge < -0.3 is 23.4 Å². The predicted molar refractivity (Wildman–Crippen MR) is 198 cm³/mol. The molecule has 0 aliphatic carbocycles. The van der Waals surface area contributed by atoms with E-state index in [4.69, 9.17) is 18.3 Å². The number of aliphatic hydroxyl groups excluding tert-OH is 1. The van der Waals surface area contributed by atoms with E-state index in [0.717, 1.165) is 43.6 Å². The van der Waals surface area contributed by atoms with E-state index in [1.54, 1.807) is 7.11 Å². The lowest BCUT2D eigenvalue weighted by atomic mass is 9.92. The maximum absolute atomic E-state index is 11.2. The summed E-state index contributed by atoms with van der Waals surface area (Å²) in [6.07, 6.45) is 11.8. The van der Waals surface area contributed by atoms with Gasteiger partial charge >= 0.3 is 0 Å². The number of ether oxygens (including phenoxy) is 2. The molecule has 7 heteroatoms. The Morgan fingerprint density at radius 1 is 0.778 bits per heavy atom. The van der Waals surface area contributed by atoms with Crippen LogP contribution in [0.2, 0.25) is 36.3 Å². The van der Waals surface area contributed by atoms with Gasteiger partial charge in [0.25, 0.3) is 0 Å². The van der Waals surface area contributed by atoms with E-state index in [-0.39, 0.29) is 22.1 Å². The molecule has 0 aromatic heterocycles. The van der Waals surface area contributed by atoms with Gasteiger partial charge in [0.1, 0.15) is 5.75 Å². The van der Waals surface area contributed by atoms with Crippen molar-refractivity contribution in [1.82, 2.24) is 0 Å². The monoisotopic (exact) mass is 662 g/mol. The first-order valence-corrected chi connectivity index (χ1v) is 23.1. The second kappa shape index (κ2) is 18.9. The van der Waals surface area contributed by atoms with Crippen LogP contribution < -0.4 is 4.74 Å². The normalized spacial score (nSPS) is 17.0. The maximum atomic E-state index is 11.2. The first kappa shape index (κ1) is 41.8. The molecule has 45 heavy (non-hydrogen) atoms. The SMILES string of the molecule is COc1ccc(COC[C@H](C)/C=C/CC/C=C/[C@H](O)[C@H](C)[C@H](CC[C@@H](C)CO[Si](C)(C)C(C)(C)C)O[Si](C)(C)C(C)(C)C)cc1. The van der Waals surface area contributed by atoms with Crippen molar-refractivity contribution >= 4 is 16.6 Å². The van der Waals surface area contributed by atoms with Gasteiger partial charge in [-0.3, -0.25) is 0 Å². The van der Waals surface area contributed by atoms with Gasteiger partial charge in [-0.05, 0) is 91.5 Å². The molecule has 1 rings (SSSR count). The molecule has 0 heterocycles. The molecule has 0 bridgehead atoms. The fourth-order valence-corrected chi connectivity index (χ4v) is 6.95. The van der Waals surface area contributed by atoms with Crippen LogP contribution in [0, 0.1) is 17.8 Å². The number of methoxy groups -OCH3 is 1. The van der Waals surface area contributed by atoms with Gasteiger partial charge in [-0.25, -0.2) is 0 Å². The van der Waals surface area contributed by atoms with Gasteiger partial charge in [0.05, 0.1) is 32.5 Å². The van der Waals surface area contributed by atoms with Gasteiger partial charge in [0.2, 0.25) is 0 Å². The second-order valence-electron chi connectivity index (χ2n) is 16.3. The molecule has 0 radical (unpaired) electrons. The van der Waals surface area contributed by atoms with Gasteiger partial charge in [0, 0.05) is 12.5 Å². The highest BCUT2D eigenvalue weighted by Crippen LogP contribution is 2.40. The van der Waals surface area contributed by atoms with E-state index in [1.807, 2.05) is 30.3 Å². The van der Waals surface area contributed by atoms with Crippen molar-refractivity contribution in [2.24, 2.45) is 17.8 Å². The largest absolute Gasteiger partial charge is 0.497 e. The number of hydrogen-bond acceptors (Lipinski definition) is 5. The summed E-state index contributed by atoms with van der Waals surface area (Å²) in [5, 5.41) is 11.5. The van der Waals surface area contributed by atoms with Crippen LogP contribution in [-0.4, -0.2) is 54.3 Å². The van der Waals surface area contributed by atoms with E-state index in [9.17, 15) is 5.11 Å². The molecule has 0 amide bonds. The number of rotatable bonds is 20. The Hall–Kier alpha value is -1.23. The number of allylic oxidation sites excluding steroid dienone is 2. The predicted octanol–water partition coefficient (Wildman–Crippen LogP) is 10.6. The van der Waals surface area contributed by atoms with E-state index in [0.29, 0.717) is 25.0 Å². The van der Waals surface area contributed by atoms with Gasteiger partial charge in [-0.1, -0.05) is 98.8 Å². The third-order valence-electron chi connectivity index (χ3n) is 9.96. The van der Waals surface area contributed by atoms with Crippen LogP contribution in [0.25, 0.3) is 0 Å². The molecule has 5 atom stereocenters. The van der Waals surface area contributed by atoms with Gasteiger partial charge in [0.15, 0.2) is 16.6 Å². The summed E-state index contributed by atoms with van der Waals surface area (Å²) >= 11 is 0. The quantitative estimate of drug-likeness (QED) is 0.0855. The molecule has 260 valence electrons. The third-order valence-corrected chi connectivity index (χ3v) is 19.0. The Morgan fingerprint density at radius 2 is 1.33 bits per heavy atom. The van der Waals surface area contributed by atoms with Crippen LogP contribution in [0.4, 0.5) is 0 Å². The summed E-state index contributed by atoms with van der Waals surface area (Å²) in [4.78, 5) is 0. The second-order valence-corrected chi connectivity index (χ2v) is 25.9. The lowest BCUT2D eigenvalue weighted by Gasteiger charge is -2.42. The minimum atomic E-state index is -2.00. The zero-order valence-electron chi connectivity index (χ0n) is 31.5. The molecule has 1 aromatic rings. The van der Waals surface area contributed by atoms with Crippen LogP contribution in [-0.2, 0) is 20.2 Å². The standard InChI is InChI=1S/C38H70O5Si2/c1-30(27-41-29-33-22-24-34(40-10)25-23-33)19-17-15-16-18-20-35(39)32(3)36(43-45(13,14)38(7,8)9)26-21-31(2)28-42-44(11,12)37(4,5)6/h17-20,22-25,30-32,35-36,39H,15-16,21,26-29H2,1-14H3/b19-17+,20-18+/t30-,31-,32+,35+,36+/m1/s1. The highest BCUT2D eigenvalue weighted by atomic mass is 28.4. The first-order chi connectivity index (χ1) is 20.7. The van der Waals surface area contributed by atoms with Crippen molar-refractivity contribution < 1.29 is 23.4 Å². The lowest BCUT2D eigenvalue weighted by molar-refractivity contribution is 0.0420. The molecule has 1 N–H and O–H groups in total. The fourth-order valence-electron chi connectivity index (χ4n) is 4.38.